The zero-order valence-electron chi connectivity index (χ0n) is 15.9. The zero-order valence-corrected chi connectivity index (χ0v) is 15.9. The number of fused-ring (bicyclic) bond motifs is 3. The zero-order chi connectivity index (χ0) is 19.7. The lowest BCUT2D eigenvalue weighted by Gasteiger charge is -2.19. The van der Waals surface area contributed by atoms with Crippen molar-refractivity contribution < 1.29 is 13.9 Å². The van der Waals surface area contributed by atoms with Crippen molar-refractivity contribution >= 4 is 11.0 Å². The lowest BCUT2D eigenvalue weighted by Crippen LogP contribution is -2.28. The summed E-state index contributed by atoms with van der Waals surface area (Å²) in [6.07, 6.45) is 3.36. The molecule has 0 bridgehead atoms. The summed E-state index contributed by atoms with van der Waals surface area (Å²) in [6.45, 7) is 3.41. The summed E-state index contributed by atoms with van der Waals surface area (Å²) in [6, 6.07) is 10.3. The first-order chi connectivity index (χ1) is 13.5. The highest BCUT2D eigenvalue weighted by atomic mass is 19.1. The number of phenolic OH excluding ortho intramolecular Hbond substituents is 1. The third-order valence-corrected chi connectivity index (χ3v) is 5.66. The van der Waals surface area contributed by atoms with Gasteiger partial charge in [0.25, 0.3) is 0 Å². The molecule has 0 aliphatic carbocycles. The summed E-state index contributed by atoms with van der Waals surface area (Å²) in [7, 11) is 0. The van der Waals surface area contributed by atoms with Gasteiger partial charge in [0.2, 0.25) is 0 Å². The van der Waals surface area contributed by atoms with Crippen LogP contribution in [0.1, 0.15) is 47.9 Å². The fourth-order valence-corrected chi connectivity index (χ4v) is 4.03. The molecule has 2 N–H and O–H groups in total. The van der Waals surface area contributed by atoms with Crippen molar-refractivity contribution in [2.75, 3.05) is 6.54 Å². The van der Waals surface area contributed by atoms with Crippen molar-refractivity contribution in [1.29, 1.82) is 0 Å². The van der Waals surface area contributed by atoms with Gasteiger partial charge in [-0.05, 0) is 79.1 Å². The van der Waals surface area contributed by atoms with E-state index >= 15 is 0 Å². The van der Waals surface area contributed by atoms with Crippen LogP contribution < -0.4 is 10.9 Å². The van der Waals surface area contributed by atoms with Gasteiger partial charge in [0, 0.05) is 12.1 Å². The van der Waals surface area contributed by atoms with E-state index in [1.165, 1.54) is 12.1 Å². The maximum atomic E-state index is 13.0. The van der Waals surface area contributed by atoms with Gasteiger partial charge in [-0.3, -0.25) is 0 Å². The van der Waals surface area contributed by atoms with Crippen LogP contribution in [-0.4, -0.2) is 11.7 Å². The summed E-state index contributed by atoms with van der Waals surface area (Å²) >= 11 is 0. The first-order valence-corrected chi connectivity index (χ1v) is 9.79. The number of benzene rings is 2. The first-order valence-electron chi connectivity index (χ1n) is 9.79. The molecule has 2 heterocycles. The second-order valence-corrected chi connectivity index (χ2v) is 7.61. The van der Waals surface area contributed by atoms with Gasteiger partial charge >= 0.3 is 5.63 Å². The smallest absolute Gasteiger partial charge is 0.339 e. The lowest BCUT2D eigenvalue weighted by atomic mass is 9.91. The quantitative estimate of drug-likeness (QED) is 0.643. The largest absolute Gasteiger partial charge is 0.507 e. The Morgan fingerprint density at radius 2 is 2.00 bits per heavy atom. The Morgan fingerprint density at radius 3 is 2.79 bits per heavy atom. The molecular weight excluding hydrogens is 357 g/mol. The maximum Gasteiger partial charge on any atom is 0.339 e. The van der Waals surface area contributed by atoms with Gasteiger partial charge in [-0.15, -0.1) is 0 Å². The number of nitrogens with one attached hydrogen (secondary N) is 1. The normalized spacial score (nSPS) is 14.8. The van der Waals surface area contributed by atoms with E-state index in [4.69, 9.17) is 4.42 Å². The first kappa shape index (κ1) is 18.7. The third kappa shape index (κ3) is 3.67. The van der Waals surface area contributed by atoms with Crippen LogP contribution in [0.2, 0.25) is 0 Å². The lowest BCUT2D eigenvalue weighted by molar-refractivity contribution is 0.473. The highest BCUT2D eigenvalue weighted by molar-refractivity contribution is 5.88. The van der Waals surface area contributed by atoms with Gasteiger partial charge in [0.05, 0.1) is 5.39 Å². The Labute approximate surface area is 163 Å². The van der Waals surface area contributed by atoms with Crippen LogP contribution in [0.25, 0.3) is 11.0 Å². The van der Waals surface area contributed by atoms with Crippen LogP contribution in [0.15, 0.2) is 45.6 Å². The summed E-state index contributed by atoms with van der Waals surface area (Å²) in [4.78, 5) is 12.3. The molecule has 1 aliphatic heterocycles. The molecule has 1 aliphatic rings. The van der Waals surface area contributed by atoms with Crippen LogP contribution in [0.3, 0.4) is 0 Å². The number of halogens is 1. The summed E-state index contributed by atoms with van der Waals surface area (Å²) < 4.78 is 18.5. The van der Waals surface area contributed by atoms with Crippen molar-refractivity contribution in [3.05, 3.63) is 74.9 Å². The van der Waals surface area contributed by atoms with Gasteiger partial charge in [0.1, 0.15) is 17.1 Å². The monoisotopic (exact) mass is 381 g/mol. The van der Waals surface area contributed by atoms with E-state index in [1.807, 2.05) is 18.2 Å². The van der Waals surface area contributed by atoms with Crippen molar-refractivity contribution in [2.24, 2.45) is 0 Å². The molecule has 4 rings (SSSR count). The van der Waals surface area contributed by atoms with Gasteiger partial charge in [0.15, 0.2) is 0 Å². The minimum absolute atomic E-state index is 0.168. The van der Waals surface area contributed by atoms with Gasteiger partial charge in [-0.1, -0.05) is 19.1 Å². The number of hydrogen-bond donors (Lipinski definition) is 2. The predicted molar refractivity (Wildman–Crippen MR) is 107 cm³/mol. The molecule has 0 amide bonds. The molecule has 0 radical (unpaired) electrons. The van der Waals surface area contributed by atoms with E-state index in [1.54, 1.807) is 6.07 Å². The summed E-state index contributed by atoms with van der Waals surface area (Å²) in [5.41, 5.74) is 3.74. The molecule has 1 atom stereocenters. The van der Waals surface area contributed by atoms with Crippen LogP contribution in [0, 0.1) is 5.82 Å². The van der Waals surface area contributed by atoms with Crippen molar-refractivity contribution in [1.82, 2.24) is 5.32 Å². The number of aromatic hydroxyl groups is 1. The van der Waals surface area contributed by atoms with E-state index < -0.39 is 0 Å². The van der Waals surface area contributed by atoms with E-state index in [2.05, 4.69) is 12.2 Å². The fourth-order valence-electron chi connectivity index (χ4n) is 4.03. The Bertz CT molecular complexity index is 1060. The summed E-state index contributed by atoms with van der Waals surface area (Å²) in [5.74, 6) is 0.152. The topological polar surface area (TPSA) is 62.5 Å². The molecule has 4 nitrogen and oxygen atoms in total. The Balaban J connectivity index is 1.55. The maximum absolute atomic E-state index is 13.0. The molecule has 0 fully saturated rings. The number of hydrogen-bond acceptors (Lipinski definition) is 4. The Morgan fingerprint density at radius 1 is 1.21 bits per heavy atom. The third-order valence-electron chi connectivity index (χ3n) is 5.66. The molecule has 1 unspecified atom stereocenters. The van der Waals surface area contributed by atoms with E-state index in [-0.39, 0.29) is 23.1 Å². The number of aryl methyl sites for hydroxylation is 1. The Kier molecular flexibility index (Phi) is 5.18. The second kappa shape index (κ2) is 7.76. The minimum atomic E-state index is -0.301. The van der Waals surface area contributed by atoms with Crippen LogP contribution in [-0.2, 0) is 19.4 Å². The molecule has 0 saturated carbocycles. The molecular formula is C23H24FNO3. The molecule has 5 heteroatoms. The van der Waals surface area contributed by atoms with Crippen LogP contribution in [0.5, 0.6) is 5.75 Å². The average Bonchev–Trinajstić information content (AvgIpc) is 2.69. The van der Waals surface area contributed by atoms with E-state index in [9.17, 15) is 14.3 Å². The van der Waals surface area contributed by atoms with Gasteiger partial charge in [-0.2, -0.15) is 0 Å². The molecule has 28 heavy (non-hydrogen) atoms. The highest BCUT2D eigenvalue weighted by Crippen LogP contribution is 2.35. The molecule has 146 valence electrons. The number of phenols is 1. The molecule has 1 aromatic heterocycles. The van der Waals surface area contributed by atoms with Crippen molar-refractivity contribution in [2.45, 2.75) is 45.1 Å². The van der Waals surface area contributed by atoms with Gasteiger partial charge in [-0.25, -0.2) is 9.18 Å². The van der Waals surface area contributed by atoms with E-state index in [0.717, 1.165) is 42.5 Å². The van der Waals surface area contributed by atoms with Crippen molar-refractivity contribution in [3.8, 4) is 5.75 Å². The average molecular weight is 381 g/mol. The fraction of sp³-hybridized carbons (Fsp3) is 0.348. The SMILES string of the molecule is CC(CCCc1ccc(F)cc1)c1cc(O)c2c3c(c(=O)oc2c1)CCNC3. The predicted octanol–water partition coefficient (Wildman–Crippen LogP) is 4.41. The molecule has 3 aromatic rings. The van der Waals surface area contributed by atoms with Crippen molar-refractivity contribution in [3.63, 3.8) is 0 Å². The second-order valence-electron chi connectivity index (χ2n) is 7.61. The molecule has 2 aromatic carbocycles. The standard InChI is InChI=1S/C23H24FNO3/c1-14(3-2-4-15-5-7-17(24)8-6-15)16-11-20(26)22-19-13-25-10-9-18(19)23(27)28-21(22)12-16/h5-8,11-12,14,25-26H,2-4,9-10,13H2,1H3. The molecule has 0 saturated heterocycles. The van der Waals surface area contributed by atoms with Crippen LogP contribution >= 0.6 is 0 Å². The summed E-state index contributed by atoms with van der Waals surface area (Å²) in [5, 5.41) is 14.6. The minimum Gasteiger partial charge on any atom is -0.507 e. The van der Waals surface area contributed by atoms with Crippen LogP contribution in [0.4, 0.5) is 4.39 Å². The molecule has 0 spiro atoms. The Hall–Kier alpha value is -2.66. The highest BCUT2D eigenvalue weighted by Gasteiger charge is 2.21. The van der Waals surface area contributed by atoms with E-state index in [0.29, 0.717) is 29.5 Å². The number of rotatable bonds is 5. The van der Waals surface area contributed by atoms with Gasteiger partial charge < -0.3 is 14.8 Å².